The van der Waals surface area contributed by atoms with Crippen LogP contribution in [0, 0.1) is 6.92 Å². The zero-order chi connectivity index (χ0) is 24.0. The maximum absolute atomic E-state index is 12.2. The Morgan fingerprint density at radius 1 is 1.18 bits per heavy atom. The van der Waals surface area contributed by atoms with Gasteiger partial charge in [0.15, 0.2) is 0 Å². The van der Waals surface area contributed by atoms with Gasteiger partial charge in [0.1, 0.15) is 11.5 Å². The molecule has 0 radical (unpaired) electrons. The number of nitrogens with one attached hydrogen (secondary N) is 1. The molecule has 0 spiro atoms. The number of aryl methyl sites for hydroxylation is 2. The van der Waals surface area contributed by atoms with Crippen LogP contribution in [0.25, 0.3) is 0 Å². The third-order valence-electron chi connectivity index (χ3n) is 5.72. The molecule has 1 fully saturated rings. The Balaban J connectivity index is 1.87. The van der Waals surface area contributed by atoms with Crippen molar-refractivity contribution in [2.75, 3.05) is 26.1 Å². The van der Waals surface area contributed by atoms with Gasteiger partial charge in [-0.25, -0.2) is 4.79 Å². The van der Waals surface area contributed by atoms with Crippen molar-refractivity contribution in [2.45, 2.75) is 45.6 Å². The van der Waals surface area contributed by atoms with Crippen LogP contribution in [0.2, 0.25) is 0 Å². The lowest BCUT2D eigenvalue weighted by Crippen LogP contribution is -2.23. The predicted molar refractivity (Wildman–Crippen MR) is 123 cm³/mol. The molecule has 1 aliphatic rings. The van der Waals surface area contributed by atoms with Crippen molar-refractivity contribution in [3.63, 3.8) is 0 Å². The Labute approximate surface area is 193 Å². The van der Waals surface area contributed by atoms with Gasteiger partial charge in [0, 0.05) is 31.1 Å². The van der Waals surface area contributed by atoms with Crippen LogP contribution in [0.5, 0.6) is 11.5 Å². The molecule has 0 bridgehead atoms. The molecular weight excluding hydrogens is 424 g/mol. The van der Waals surface area contributed by atoms with E-state index in [4.69, 9.17) is 9.47 Å². The fourth-order valence-corrected chi connectivity index (χ4v) is 3.83. The molecule has 1 atom stereocenters. The molecule has 1 N–H and O–H groups in total. The molecule has 1 aliphatic heterocycles. The minimum Gasteiger partial charge on any atom is -0.469 e. The first-order valence-corrected chi connectivity index (χ1v) is 11.0. The highest BCUT2D eigenvalue weighted by molar-refractivity contribution is 5.86. The smallest absolute Gasteiger partial charge is 0.411 e. The Morgan fingerprint density at radius 2 is 1.91 bits per heavy atom. The summed E-state index contributed by atoms with van der Waals surface area (Å²) in [5, 5.41) is 2.77. The zero-order valence-corrected chi connectivity index (χ0v) is 19.5. The van der Waals surface area contributed by atoms with Gasteiger partial charge >= 0.3 is 12.1 Å². The lowest BCUT2D eigenvalue weighted by Gasteiger charge is -2.24. The van der Waals surface area contributed by atoms with Crippen molar-refractivity contribution in [3.8, 4) is 11.5 Å². The first-order chi connectivity index (χ1) is 15.8. The summed E-state index contributed by atoms with van der Waals surface area (Å²) < 4.78 is 15.9. The largest absolute Gasteiger partial charge is 0.469 e. The van der Waals surface area contributed by atoms with Crippen LogP contribution in [0.1, 0.15) is 48.9 Å². The van der Waals surface area contributed by atoms with Crippen molar-refractivity contribution >= 4 is 23.7 Å². The minimum absolute atomic E-state index is 0.0707. The number of rotatable bonds is 8. The van der Waals surface area contributed by atoms with E-state index in [1.165, 1.54) is 7.11 Å². The van der Waals surface area contributed by atoms with E-state index < -0.39 is 6.09 Å². The maximum Gasteiger partial charge on any atom is 0.411 e. The Hall–Kier alpha value is -3.55. The average Bonchev–Trinajstić information content (AvgIpc) is 3.13. The number of carbonyl (C=O) groups is 3. The van der Waals surface area contributed by atoms with Crippen LogP contribution in [0.15, 0.2) is 36.4 Å². The van der Waals surface area contributed by atoms with Crippen LogP contribution in [0.3, 0.4) is 0 Å². The summed E-state index contributed by atoms with van der Waals surface area (Å²) in [5.41, 5.74) is 3.24. The molecule has 8 heteroatoms. The van der Waals surface area contributed by atoms with Crippen molar-refractivity contribution < 1.29 is 28.6 Å². The molecule has 2 aromatic carbocycles. The van der Waals surface area contributed by atoms with Gasteiger partial charge in [-0.05, 0) is 62.1 Å². The fourth-order valence-electron chi connectivity index (χ4n) is 3.83. The number of methoxy groups -OCH3 is 1. The topological polar surface area (TPSA) is 94.2 Å². The number of amides is 2. The molecule has 33 heavy (non-hydrogen) atoms. The van der Waals surface area contributed by atoms with Gasteiger partial charge in [-0.2, -0.15) is 0 Å². The van der Waals surface area contributed by atoms with E-state index in [1.54, 1.807) is 18.9 Å². The molecule has 2 amide bonds. The summed E-state index contributed by atoms with van der Waals surface area (Å²) in [6, 6.07) is 11.1. The third kappa shape index (κ3) is 6.03. The number of hydrogen-bond acceptors (Lipinski definition) is 6. The Morgan fingerprint density at radius 3 is 2.52 bits per heavy atom. The van der Waals surface area contributed by atoms with Crippen molar-refractivity contribution in [1.29, 1.82) is 0 Å². The van der Waals surface area contributed by atoms with Crippen LogP contribution < -0.4 is 10.1 Å². The van der Waals surface area contributed by atoms with E-state index in [1.807, 2.05) is 43.3 Å². The number of carbonyl (C=O) groups excluding carboxylic acids is 3. The molecule has 0 aliphatic carbocycles. The molecule has 3 rings (SSSR count). The van der Waals surface area contributed by atoms with Crippen LogP contribution in [0.4, 0.5) is 10.5 Å². The highest BCUT2D eigenvalue weighted by Crippen LogP contribution is 2.41. The SMILES string of the molecule is CCOC(=O)Nc1cc(C2CCC(=O)N2C)c(Oc2ccc(CCC(=O)OC)cc2)cc1C. The number of hydrogen-bond donors (Lipinski definition) is 1. The number of esters is 1. The average molecular weight is 455 g/mol. The van der Waals surface area contributed by atoms with Crippen molar-refractivity contribution in [2.24, 2.45) is 0 Å². The number of anilines is 1. The summed E-state index contributed by atoms with van der Waals surface area (Å²) in [5.74, 6) is 1.08. The molecule has 2 aromatic rings. The normalized spacial score (nSPS) is 15.3. The van der Waals surface area contributed by atoms with Crippen molar-refractivity contribution in [3.05, 3.63) is 53.1 Å². The molecular formula is C25H30N2O6. The van der Waals surface area contributed by atoms with Crippen LogP contribution in [-0.4, -0.2) is 43.6 Å². The van der Waals surface area contributed by atoms with Crippen molar-refractivity contribution in [1.82, 2.24) is 4.90 Å². The minimum atomic E-state index is -0.529. The summed E-state index contributed by atoms with van der Waals surface area (Å²) >= 11 is 0. The Bertz CT molecular complexity index is 1020. The van der Waals surface area contributed by atoms with Gasteiger partial charge in [-0.15, -0.1) is 0 Å². The highest BCUT2D eigenvalue weighted by atomic mass is 16.5. The summed E-state index contributed by atoms with van der Waals surface area (Å²) in [6.45, 7) is 3.89. The molecule has 176 valence electrons. The van der Waals surface area contributed by atoms with Gasteiger partial charge in [0.25, 0.3) is 0 Å². The molecule has 1 saturated heterocycles. The van der Waals surface area contributed by atoms with E-state index in [9.17, 15) is 14.4 Å². The van der Waals surface area contributed by atoms with Crippen LogP contribution in [-0.2, 0) is 25.5 Å². The fraction of sp³-hybridized carbons (Fsp3) is 0.400. The number of ether oxygens (including phenoxy) is 3. The van der Waals surface area contributed by atoms with Gasteiger partial charge in [0.05, 0.1) is 19.8 Å². The van der Waals surface area contributed by atoms with E-state index in [0.29, 0.717) is 42.9 Å². The summed E-state index contributed by atoms with van der Waals surface area (Å²) in [7, 11) is 3.15. The second-order valence-corrected chi connectivity index (χ2v) is 7.93. The summed E-state index contributed by atoms with van der Waals surface area (Å²) in [4.78, 5) is 37.2. The van der Waals surface area contributed by atoms with E-state index in [0.717, 1.165) is 16.7 Å². The zero-order valence-electron chi connectivity index (χ0n) is 19.5. The standard InChI is InChI=1S/C25H30N2O6/c1-5-32-25(30)26-20-15-19(21-11-12-23(28)27(21)3)22(14-16(20)2)33-18-9-6-17(7-10-18)8-13-24(29)31-4/h6-7,9-10,14-15,21H,5,8,11-13H2,1-4H3,(H,26,30). The van der Waals surface area contributed by atoms with Gasteiger partial charge in [-0.1, -0.05) is 12.1 Å². The highest BCUT2D eigenvalue weighted by Gasteiger charge is 2.32. The van der Waals surface area contributed by atoms with Gasteiger partial charge in [-0.3, -0.25) is 14.9 Å². The van der Waals surface area contributed by atoms with Crippen LogP contribution >= 0.6 is 0 Å². The number of likely N-dealkylation sites (tertiary alicyclic amines) is 1. The number of benzene rings is 2. The predicted octanol–water partition coefficient (Wildman–Crippen LogP) is 4.75. The maximum atomic E-state index is 12.2. The van der Waals surface area contributed by atoms with Gasteiger partial charge in [0.2, 0.25) is 5.91 Å². The monoisotopic (exact) mass is 454 g/mol. The second kappa shape index (κ2) is 10.8. The molecule has 1 heterocycles. The Kier molecular flexibility index (Phi) is 7.92. The lowest BCUT2D eigenvalue weighted by molar-refractivity contribution is -0.140. The summed E-state index contributed by atoms with van der Waals surface area (Å²) in [6.07, 6.45) is 1.50. The molecule has 8 nitrogen and oxygen atoms in total. The first kappa shape index (κ1) is 24.1. The second-order valence-electron chi connectivity index (χ2n) is 7.93. The van der Waals surface area contributed by atoms with E-state index in [-0.39, 0.29) is 24.5 Å². The van der Waals surface area contributed by atoms with E-state index >= 15 is 0 Å². The van der Waals surface area contributed by atoms with E-state index in [2.05, 4.69) is 10.1 Å². The molecule has 1 unspecified atom stereocenters. The quantitative estimate of drug-likeness (QED) is 0.578. The molecule has 0 saturated carbocycles. The van der Waals surface area contributed by atoms with Gasteiger partial charge < -0.3 is 19.1 Å². The lowest BCUT2D eigenvalue weighted by atomic mass is 10.00. The molecule has 0 aromatic heterocycles. The number of nitrogens with zero attached hydrogens (tertiary/aromatic N) is 1. The first-order valence-electron chi connectivity index (χ1n) is 11.0. The third-order valence-corrected chi connectivity index (χ3v) is 5.72.